The van der Waals surface area contributed by atoms with E-state index in [-0.39, 0.29) is 0 Å². The molecule has 2 nitrogen and oxygen atoms in total. The van der Waals surface area contributed by atoms with Crippen molar-refractivity contribution in [2.24, 2.45) is 0 Å². The molecule has 0 rings (SSSR count). The standard InChI is InChI=1S/C11H25NO/c1-5-8-12-9-11(7-3)13-10(4)6-2/h10-12H,5-9H2,1-4H3. The third kappa shape index (κ3) is 7.03. The van der Waals surface area contributed by atoms with Gasteiger partial charge in [-0.3, -0.25) is 0 Å². The fourth-order valence-electron chi connectivity index (χ4n) is 1.15. The van der Waals surface area contributed by atoms with Crippen LogP contribution in [-0.4, -0.2) is 25.3 Å². The summed E-state index contributed by atoms with van der Waals surface area (Å²) in [4.78, 5) is 0. The highest BCUT2D eigenvalue weighted by Gasteiger charge is 2.08. The normalized spacial score (nSPS) is 15.7. The van der Waals surface area contributed by atoms with Crippen molar-refractivity contribution < 1.29 is 4.74 Å². The molecule has 0 spiro atoms. The van der Waals surface area contributed by atoms with E-state index in [0.717, 1.165) is 25.9 Å². The summed E-state index contributed by atoms with van der Waals surface area (Å²) in [6.07, 6.45) is 4.18. The van der Waals surface area contributed by atoms with Crippen molar-refractivity contribution in [3.05, 3.63) is 0 Å². The summed E-state index contributed by atoms with van der Waals surface area (Å²) in [6.45, 7) is 10.8. The molecule has 0 aliphatic carbocycles. The Morgan fingerprint density at radius 3 is 2.31 bits per heavy atom. The summed E-state index contributed by atoms with van der Waals surface area (Å²) in [5, 5.41) is 3.39. The smallest absolute Gasteiger partial charge is 0.0700 e. The molecule has 2 heteroatoms. The predicted molar refractivity (Wildman–Crippen MR) is 58.1 cm³/mol. The molecule has 0 aromatic heterocycles. The monoisotopic (exact) mass is 187 g/mol. The van der Waals surface area contributed by atoms with Gasteiger partial charge in [-0.1, -0.05) is 20.8 Å². The molecule has 0 aliphatic heterocycles. The predicted octanol–water partition coefficient (Wildman–Crippen LogP) is 2.58. The molecule has 0 bridgehead atoms. The van der Waals surface area contributed by atoms with Crippen molar-refractivity contribution in [2.75, 3.05) is 13.1 Å². The van der Waals surface area contributed by atoms with Gasteiger partial charge in [0.15, 0.2) is 0 Å². The average Bonchev–Trinajstić information content (AvgIpc) is 2.16. The van der Waals surface area contributed by atoms with Crippen LogP contribution in [0.25, 0.3) is 0 Å². The molecular formula is C11H25NO. The van der Waals surface area contributed by atoms with Crippen molar-refractivity contribution >= 4 is 0 Å². The van der Waals surface area contributed by atoms with E-state index in [4.69, 9.17) is 4.74 Å². The highest BCUT2D eigenvalue weighted by Crippen LogP contribution is 2.04. The Morgan fingerprint density at radius 1 is 1.15 bits per heavy atom. The lowest BCUT2D eigenvalue weighted by Gasteiger charge is -2.20. The van der Waals surface area contributed by atoms with Crippen molar-refractivity contribution in [1.82, 2.24) is 5.32 Å². The summed E-state index contributed by atoms with van der Waals surface area (Å²) < 4.78 is 5.83. The lowest BCUT2D eigenvalue weighted by molar-refractivity contribution is -0.00455. The number of hydrogen-bond donors (Lipinski definition) is 1. The molecule has 2 unspecified atom stereocenters. The van der Waals surface area contributed by atoms with Gasteiger partial charge in [0, 0.05) is 6.54 Å². The van der Waals surface area contributed by atoms with Crippen molar-refractivity contribution in [2.45, 2.75) is 59.2 Å². The lowest BCUT2D eigenvalue weighted by atomic mass is 10.2. The summed E-state index contributed by atoms with van der Waals surface area (Å²) in [6, 6.07) is 0. The van der Waals surface area contributed by atoms with Gasteiger partial charge in [-0.05, 0) is 32.7 Å². The van der Waals surface area contributed by atoms with Crippen LogP contribution < -0.4 is 5.32 Å². The van der Waals surface area contributed by atoms with E-state index >= 15 is 0 Å². The Labute approximate surface area is 83.1 Å². The van der Waals surface area contributed by atoms with Crippen LogP contribution in [0, 0.1) is 0 Å². The minimum atomic E-state index is 0.390. The zero-order chi connectivity index (χ0) is 10.1. The second-order valence-electron chi connectivity index (χ2n) is 3.59. The van der Waals surface area contributed by atoms with Gasteiger partial charge in [0.1, 0.15) is 0 Å². The van der Waals surface area contributed by atoms with Gasteiger partial charge in [0.05, 0.1) is 12.2 Å². The van der Waals surface area contributed by atoms with E-state index in [1.165, 1.54) is 6.42 Å². The van der Waals surface area contributed by atoms with E-state index in [1.54, 1.807) is 0 Å². The number of rotatable bonds is 8. The third-order valence-electron chi connectivity index (χ3n) is 2.25. The summed E-state index contributed by atoms with van der Waals surface area (Å²) in [7, 11) is 0. The molecule has 2 atom stereocenters. The second kappa shape index (κ2) is 8.52. The Balaban J connectivity index is 3.50. The fourth-order valence-corrected chi connectivity index (χ4v) is 1.15. The Hall–Kier alpha value is -0.0800. The largest absolute Gasteiger partial charge is 0.374 e. The van der Waals surface area contributed by atoms with E-state index in [1.807, 2.05) is 0 Å². The molecular weight excluding hydrogens is 162 g/mol. The first kappa shape index (κ1) is 12.9. The van der Waals surface area contributed by atoms with Crippen molar-refractivity contribution in [3.8, 4) is 0 Å². The Morgan fingerprint density at radius 2 is 1.85 bits per heavy atom. The molecule has 0 saturated heterocycles. The van der Waals surface area contributed by atoms with Crippen LogP contribution in [0.3, 0.4) is 0 Å². The second-order valence-corrected chi connectivity index (χ2v) is 3.59. The Kier molecular flexibility index (Phi) is 8.46. The Bertz CT molecular complexity index is 106. The van der Waals surface area contributed by atoms with Crippen LogP contribution in [0.15, 0.2) is 0 Å². The number of hydrogen-bond acceptors (Lipinski definition) is 2. The van der Waals surface area contributed by atoms with E-state index < -0.39 is 0 Å². The summed E-state index contributed by atoms with van der Waals surface area (Å²) >= 11 is 0. The van der Waals surface area contributed by atoms with Gasteiger partial charge in [0.25, 0.3) is 0 Å². The number of nitrogens with one attached hydrogen (secondary N) is 1. The maximum Gasteiger partial charge on any atom is 0.0700 e. The maximum absolute atomic E-state index is 5.83. The highest BCUT2D eigenvalue weighted by molar-refractivity contribution is 4.61. The molecule has 0 amide bonds. The van der Waals surface area contributed by atoms with E-state index in [2.05, 4.69) is 33.0 Å². The van der Waals surface area contributed by atoms with E-state index in [0.29, 0.717) is 12.2 Å². The summed E-state index contributed by atoms with van der Waals surface area (Å²) in [5.74, 6) is 0. The zero-order valence-corrected chi connectivity index (χ0v) is 9.60. The minimum Gasteiger partial charge on any atom is -0.374 e. The van der Waals surface area contributed by atoms with Crippen LogP contribution in [-0.2, 0) is 4.74 Å². The molecule has 13 heavy (non-hydrogen) atoms. The lowest BCUT2D eigenvalue weighted by Crippen LogP contribution is -2.31. The summed E-state index contributed by atoms with van der Waals surface area (Å²) in [5.41, 5.74) is 0. The third-order valence-corrected chi connectivity index (χ3v) is 2.25. The molecule has 1 N–H and O–H groups in total. The van der Waals surface area contributed by atoms with Crippen LogP contribution in [0.4, 0.5) is 0 Å². The topological polar surface area (TPSA) is 21.3 Å². The van der Waals surface area contributed by atoms with Crippen LogP contribution in [0.1, 0.15) is 47.0 Å². The molecule has 0 saturated carbocycles. The molecule has 0 aliphatic rings. The molecule has 0 heterocycles. The molecule has 0 aromatic rings. The molecule has 80 valence electrons. The van der Waals surface area contributed by atoms with Gasteiger partial charge in [-0.25, -0.2) is 0 Å². The fraction of sp³-hybridized carbons (Fsp3) is 1.00. The highest BCUT2D eigenvalue weighted by atomic mass is 16.5. The number of ether oxygens (including phenoxy) is 1. The first-order valence-corrected chi connectivity index (χ1v) is 5.60. The average molecular weight is 187 g/mol. The van der Waals surface area contributed by atoms with Gasteiger partial charge < -0.3 is 10.1 Å². The van der Waals surface area contributed by atoms with E-state index in [9.17, 15) is 0 Å². The van der Waals surface area contributed by atoms with Gasteiger partial charge >= 0.3 is 0 Å². The van der Waals surface area contributed by atoms with Crippen molar-refractivity contribution in [1.29, 1.82) is 0 Å². The van der Waals surface area contributed by atoms with Crippen LogP contribution >= 0.6 is 0 Å². The van der Waals surface area contributed by atoms with Gasteiger partial charge in [0.2, 0.25) is 0 Å². The van der Waals surface area contributed by atoms with Gasteiger partial charge in [-0.15, -0.1) is 0 Å². The van der Waals surface area contributed by atoms with Crippen LogP contribution in [0.2, 0.25) is 0 Å². The van der Waals surface area contributed by atoms with Gasteiger partial charge in [-0.2, -0.15) is 0 Å². The van der Waals surface area contributed by atoms with Crippen LogP contribution in [0.5, 0.6) is 0 Å². The first-order chi connectivity index (χ1) is 6.24. The molecule has 0 radical (unpaired) electrons. The first-order valence-electron chi connectivity index (χ1n) is 5.60. The maximum atomic E-state index is 5.83. The quantitative estimate of drug-likeness (QED) is 0.590. The van der Waals surface area contributed by atoms with Crippen molar-refractivity contribution in [3.63, 3.8) is 0 Å². The SMILES string of the molecule is CCCNCC(CC)OC(C)CC. The zero-order valence-electron chi connectivity index (χ0n) is 9.60. The molecule has 0 aromatic carbocycles. The minimum absolute atomic E-state index is 0.390. The molecule has 0 fully saturated rings.